The fraction of sp³-hybridized carbons (Fsp3) is 0.667. The summed E-state index contributed by atoms with van der Waals surface area (Å²) in [7, 11) is 0. The zero-order chi connectivity index (χ0) is 11.5. The fourth-order valence-electron chi connectivity index (χ4n) is 2.22. The topological polar surface area (TPSA) is 55.0 Å². The number of rotatable bonds is 2. The predicted octanol–water partition coefficient (Wildman–Crippen LogP) is 1.21. The van der Waals surface area contributed by atoms with Crippen LogP contribution in [0.15, 0.2) is 12.1 Å². The van der Waals surface area contributed by atoms with Crippen molar-refractivity contribution in [1.82, 2.24) is 10.2 Å². The lowest BCUT2D eigenvalue weighted by atomic mass is 9.87. The van der Waals surface area contributed by atoms with Crippen molar-refractivity contribution in [2.24, 2.45) is 17.6 Å². The molecule has 1 aromatic heterocycles. The molecule has 2 N–H and O–H groups in total. The molecule has 1 aliphatic rings. The summed E-state index contributed by atoms with van der Waals surface area (Å²) in [5, 5.41) is 8.33. The molecular formula is C12H20N4. The van der Waals surface area contributed by atoms with Gasteiger partial charge in [0, 0.05) is 13.1 Å². The van der Waals surface area contributed by atoms with Gasteiger partial charge < -0.3 is 10.6 Å². The van der Waals surface area contributed by atoms with Gasteiger partial charge in [0.2, 0.25) is 0 Å². The van der Waals surface area contributed by atoms with Crippen LogP contribution in [0.3, 0.4) is 0 Å². The number of anilines is 1. The van der Waals surface area contributed by atoms with Crippen LogP contribution in [-0.4, -0.2) is 29.8 Å². The van der Waals surface area contributed by atoms with Crippen LogP contribution in [0.1, 0.15) is 19.0 Å². The number of piperidine rings is 1. The second kappa shape index (κ2) is 4.78. The third kappa shape index (κ3) is 2.32. The number of hydrogen-bond donors (Lipinski definition) is 1. The standard InChI is InChI=1S/C12H20N4/c1-9-5-6-16(8-11(9)7-13)12-4-3-10(2)14-15-12/h3-4,9,11H,5-8,13H2,1-2H3. The fourth-order valence-corrected chi connectivity index (χ4v) is 2.22. The zero-order valence-electron chi connectivity index (χ0n) is 10.1. The van der Waals surface area contributed by atoms with Crippen LogP contribution < -0.4 is 10.6 Å². The molecule has 16 heavy (non-hydrogen) atoms. The van der Waals surface area contributed by atoms with Gasteiger partial charge in [-0.05, 0) is 43.9 Å². The Labute approximate surface area is 96.9 Å². The summed E-state index contributed by atoms with van der Waals surface area (Å²) >= 11 is 0. The average molecular weight is 220 g/mol. The molecular weight excluding hydrogens is 200 g/mol. The molecule has 0 amide bonds. The highest BCUT2D eigenvalue weighted by molar-refractivity contribution is 5.37. The van der Waals surface area contributed by atoms with Gasteiger partial charge in [0.1, 0.15) is 0 Å². The van der Waals surface area contributed by atoms with Crippen molar-refractivity contribution in [2.45, 2.75) is 20.3 Å². The van der Waals surface area contributed by atoms with Crippen molar-refractivity contribution in [2.75, 3.05) is 24.5 Å². The third-order valence-electron chi connectivity index (χ3n) is 3.52. The van der Waals surface area contributed by atoms with Crippen LogP contribution in [0.4, 0.5) is 5.82 Å². The van der Waals surface area contributed by atoms with Crippen LogP contribution >= 0.6 is 0 Å². The van der Waals surface area contributed by atoms with Crippen LogP contribution in [0.2, 0.25) is 0 Å². The molecule has 0 radical (unpaired) electrons. The largest absolute Gasteiger partial charge is 0.355 e. The lowest BCUT2D eigenvalue weighted by molar-refractivity contribution is 0.306. The highest BCUT2D eigenvalue weighted by atomic mass is 15.3. The van der Waals surface area contributed by atoms with E-state index in [-0.39, 0.29) is 0 Å². The Morgan fingerprint density at radius 2 is 2.25 bits per heavy atom. The predicted molar refractivity (Wildman–Crippen MR) is 65.3 cm³/mol. The van der Waals surface area contributed by atoms with Crippen molar-refractivity contribution in [3.05, 3.63) is 17.8 Å². The van der Waals surface area contributed by atoms with Gasteiger partial charge >= 0.3 is 0 Å². The zero-order valence-corrected chi connectivity index (χ0v) is 10.1. The van der Waals surface area contributed by atoms with E-state index < -0.39 is 0 Å². The Balaban J connectivity index is 2.08. The Kier molecular flexibility index (Phi) is 3.39. The first-order valence-electron chi connectivity index (χ1n) is 5.96. The van der Waals surface area contributed by atoms with E-state index in [0.717, 1.165) is 37.1 Å². The van der Waals surface area contributed by atoms with Crippen molar-refractivity contribution in [3.63, 3.8) is 0 Å². The summed E-state index contributed by atoms with van der Waals surface area (Å²) in [6, 6.07) is 4.06. The maximum Gasteiger partial charge on any atom is 0.151 e. The summed E-state index contributed by atoms with van der Waals surface area (Å²) in [5.74, 6) is 2.28. The molecule has 0 saturated carbocycles. The molecule has 4 heteroatoms. The highest BCUT2D eigenvalue weighted by Gasteiger charge is 2.25. The minimum atomic E-state index is 0.580. The number of nitrogens with two attached hydrogens (primary N) is 1. The van der Waals surface area contributed by atoms with Crippen molar-refractivity contribution in [1.29, 1.82) is 0 Å². The lowest BCUT2D eigenvalue weighted by Gasteiger charge is -2.36. The molecule has 1 aliphatic heterocycles. The maximum absolute atomic E-state index is 5.80. The molecule has 0 aliphatic carbocycles. The van der Waals surface area contributed by atoms with Crippen molar-refractivity contribution >= 4 is 5.82 Å². The summed E-state index contributed by atoms with van der Waals surface area (Å²) in [6.45, 7) is 7.08. The molecule has 2 heterocycles. The molecule has 2 atom stereocenters. The van der Waals surface area contributed by atoms with E-state index in [1.807, 2.05) is 19.1 Å². The van der Waals surface area contributed by atoms with E-state index >= 15 is 0 Å². The molecule has 1 saturated heterocycles. The number of hydrogen-bond acceptors (Lipinski definition) is 4. The lowest BCUT2D eigenvalue weighted by Crippen LogP contribution is -2.43. The summed E-state index contributed by atoms with van der Waals surface area (Å²) in [6.07, 6.45) is 1.19. The molecule has 4 nitrogen and oxygen atoms in total. The molecule has 1 aromatic rings. The first-order chi connectivity index (χ1) is 7.70. The van der Waals surface area contributed by atoms with E-state index in [2.05, 4.69) is 22.0 Å². The van der Waals surface area contributed by atoms with E-state index in [1.54, 1.807) is 0 Å². The number of nitrogens with zero attached hydrogens (tertiary/aromatic N) is 3. The normalized spacial score (nSPS) is 25.8. The first-order valence-corrected chi connectivity index (χ1v) is 5.96. The summed E-state index contributed by atoms with van der Waals surface area (Å²) < 4.78 is 0. The highest BCUT2D eigenvalue weighted by Crippen LogP contribution is 2.25. The Morgan fingerprint density at radius 3 is 2.88 bits per heavy atom. The molecule has 1 fully saturated rings. The van der Waals surface area contributed by atoms with Gasteiger partial charge in [-0.15, -0.1) is 5.10 Å². The van der Waals surface area contributed by atoms with Gasteiger partial charge in [-0.3, -0.25) is 0 Å². The molecule has 0 bridgehead atoms. The van der Waals surface area contributed by atoms with Gasteiger partial charge in [-0.25, -0.2) is 0 Å². The molecule has 88 valence electrons. The minimum absolute atomic E-state index is 0.580. The quantitative estimate of drug-likeness (QED) is 0.814. The Morgan fingerprint density at radius 1 is 1.44 bits per heavy atom. The van der Waals surface area contributed by atoms with E-state index in [4.69, 9.17) is 5.73 Å². The SMILES string of the molecule is Cc1ccc(N2CCC(C)C(CN)C2)nn1. The smallest absolute Gasteiger partial charge is 0.151 e. The molecule has 2 unspecified atom stereocenters. The van der Waals surface area contributed by atoms with Gasteiger partial charge in [0.05, 0.1) is 5.69 Å². The van der Waals surface area contributed by atoms with E-state index in [0.29, 0.717) is 5.92 Å². The van der Waals surface area contributed by atoms with E-state index in [1.165, 1.54) is 6.42 Å². The molecule has 0 spiro atoms. The Hall–Kier alpha value is -1.16. The summed E-state index contributed by atoms with van der Waals surface area (Å²) in [5.41, 5.74) is 6.76. The van der Waals surface area contributed by atoms with Gasteiger partial charge in [0.15, 0.2) is 5.82 Å². The van der Waals surface area contributed by atoms with Crippen molar-refractivity contribution in [3.8, 4) is 0 Å². The molecule has 2 rings (SSSR count). The second-order valence-electron chi connectivity index (χ2n) is 4.74. The molecule has 0 aromatic carbocycles. The van der Waals surface area contributed by atoms with Crippen LogP contribution in [0, 0.1) is 18.8 Å². The van der Waals surface area contributed by atoms with Crippen LogP contribution in [0.25, 0.3) is 0 Å². The number of aryl methyl sites for hydroxylation is 1. The van der Waals surface area contributed by atoms with Gasteiger partial charge in [-0.2, -0.15) is 5.10 Å². The van der Waals surface area contributed by atoms with Crippen LogP contribution in [0.5, 0.6) is 0 Å². The summed E-state index contributed by atoms with van der Waals surface area (Å²) in [4.78, 5) is 2.30. The first kappa shape index (κ1) is 11.3. The maximum atomic E-state index is 5.80. The third-order valence-corrected chi connectivity index (χ3v) is 3.52. The Bertz CT molecular complexity index is 335. The van der Waals surface area contributed by atoms with Crippen LogP contribution in [-0.2, 0) is 0 Å². The van der Waals surface area contributed by atoms with E-state index in [9.17, 15) is 0 Å². The average Bonchev–Trinajstić information content (AvgIpc) is 2.31. The second-order valence-corrected chi connectivity index (χ2v) is 4.74. The van der Waals surface area contributed by atoms with Gasteiger partial charge in [0.25, 0.3) is 0 Å². The monoisotopic (exact) mass is 220 g/mol. The number of aromatic nitrogens is 2. The van der Waals surface area contributed by atoms with Crippen molar-refractivity contribution < 1.29 is 0 Å². The van der Waals surface area contributed by atoms with Gasteiger partial charge in [-0.1, -0.05) is 6.92 Å². The minimum Gasteiger partial charge on any atom is -0.355 e.